The third-order valence-corrected chi connectivity index (χ3v) is 12.0. The summed E-state index contributed by atoms with van der Waals surface area (Å²) in [6.07, 6.45) is 45.7. The maximum absolute atomic E-state index is 12.6. The third kappa shape index (κ3) is 44.4. The van der Waals surface area contributed by atoms with Gasteiger partial charge in [-0.1, -0.05) is 232 Å². The number of nitrogens with two attached hydrogens (primary N) is 1. The van der Waals surface area contributed by atoms with E-state index >= 15 is 0 Å². The molecule has 0 aromatic carbocycles. The van der Waals surface area contributed by atoms with Crippen molar-refractivity contribution < 1.29 is 37.6 Å². The van der Waals surface area contributed by atoms with Crippen LogP contribution in [0.3, 0.4) is 0 Å². The van der Waals surface area contributed by atoms with Crippen molar-refractivity contribution in [3.8, 4) is 0 Å². The molecule has 0 bridgehead atoms. The van der Waals surface area contributed by atoms with Crippen LogP contribution in [0.25, 0.3) is 0 Å². The highest BCUT2D eigenvalue weighted by molar-refractivity contribution is 7.47. The summed E-state index contributed by atoms with van der Waals surface area (Å²) in [5.74, 6) is -0.809. The molecule has 0 aromatic rings. The van der Waals surface area contributed by atoms with Gasteiger partial charge in [0.25, 0.3) is 0 Å². The van der Waals surface area contributed by atoms with E-state index < -0.39 is 26.5 Å². The van der Waals surface area contributed by atoms with Crippen LogP contribution in [-0.4, -0.2) is 49.3 Å². The Morgan fingerprint density at radius 2 is 0.754 bits per heavy atom. The van der Waals surface area contributed by atoms with E-state index in [1.165, 1.54) is 193 Å². The van der Waals surface area contributed by atoms with E-state index in [2.05, 4.69) is 13.8 Å². The van der Waals surface area contributed by atoms with Crippen LogP contribution in [0, 0.1) is 0 Å². The summed E-state index contributed by atoms with van der Waals surface area (Å²) in [6.45, 7) is 3.79. The smallest absolute Gasteiger partial charge is 0.462 e. The Bertz CT molecular complexity index is 907. The highest BCUT2D eigenvalue weighted by atomic mass is 31.2. The molecule has 10 heteroatoms. The Hall–Kier alpha value is -0.990. The van der Waals surface area contributed by atoms with E-state index in [-0.39, 0.29) is 38.6 Å². The molecule has 0 radical (unpaired) electrons. The lowest BCUT2D eigenvalue weighted by Gasteiger charge is -2.19. The van der Waals surface area contributed by atoms with Crippen molar-refractivity contribution >= 4 is 19.8 Å². The summed E-state index contributed by atoms with van der Waals surface area (Å²) in [5.41, 5.74) is 5.36. The molecule has 0 amide bonds. The zero-order valence-electron chi connectivity index (χ0n) is 37.6. The van der Waals surface area contributed by atoms with E-state index in [0.29, 0.717) is 6.42 Å². The molecule has 2 atom stereocenters. The summed E-state index contributed by atoms with van der Waals surface area (Å²) in [7, 11) is -4.37. The first-order chi connectivity index (χ1) is 27.8. The van der Waals surface area contributed by atoms with Gasteiger partial charge in [0.05, 0.1) is 13.2 Å². The quantitative estimate of drug-likeness (QED) is 0.0349. The van der Waals surface area contributed by atoms with Gasteiger partial charge in [-0.05, 0) is 12.8 Å². The summed E-state index contributed by atoms with van der Waals surface area (Å²) in [6, 6.07) is 0. The first-order valence-corrected chi connectivity index (χ1v) is 26.0. The molecule has 0 spiro atoms. The van der Waals surface area contributed by atoms with Gasteiger partial charge in [0, 0.05) is 19.4 Å². The Morgan fingerprint density at radius 3 is 1.07 bits per heavy atom. The molecule has 0 saturated carbocycles. The minimum Gasteiger partial charge on any atom is -0.462 e. The van der Waals surface area contributed by atoms with Crippen molar-refractivity contribution in [1.82, 2.24) is 0 Å². The second kappa shape index (κ2) is 44.6. The fraction of sp³-hybridized carbons (Fsp3) is 0.957. The first kappa shape index (κ1) is 56.0. The van der Waals surface area contributed by atoms with Crippen molar-refractivity contribution in [2.75, 3.05) is 26.4 Å². The fourth-order valence-corrected chi connectivity index (χ4v) is 8.11. The summed E-state index contributed by atoms with van der Waals surface area (Å²) < 4.78 is 32.9. The maximum atomic E-state index is 12.6. The number of rotatable bonds is 47. The molecular formula is C47H94NO8P. The van der Waals surface area contributed by atoms with Gasteiger partial charge in [-0.3, -0.25) is 18.6 Å². The number of hydrogen-bond acceptors (Lipinski definition) is 8. The van der Waals surface area contributed by atoms with Crippen LogP contribution in [0.1, 0.15) is 258 Å². The molecular weight excluding hydrogens is 737 g/mol. The molecule has 3 N–H and O–H groups in total. The fourth-order valence-electron chi connectivity index (χ4n) is 7.34. The summed E-state index contributed by atoms with van der Waals surface area (Å²) in [5, 5.41) is 0. The van der Waals surface area contributed by atoms with Crippen molar-refractivity contribution in [3.63, 3.8) is 0 Å². The average molecular weight is 832 g/mol. The van der Waals surface area contributed by atoms with E-state index in [1.54, 1.807) is 0 Å². The van der Waals surface area contributed by atoms with Crippen LogP contribution in [0.2, 0.25) is 0 Å². The molecule has 0 saturated heterocycles. The largest absolute Gasteiger partial charge is 0.472 e. The van der Waals surface area contributed by atoms with E-state index in [9.17, 15) is 19.0 Å². The maximum Gasteiger partial charge on any atom is 0.472 e. The monoisotopic (exact) mass is 832 g/mol. The molecule has 0 aliphatic heterocycles. The Morgan fingerprint density at radius 1 is 0.456 bits per heavy atom. The first-order valence-electron chi connectivity index (χ1n) is 24.5. The van der Waals surface area contributed by atoms with Gasteiger partial charge >= 0.3 is 19.8 Å². The number of phosphoric ester groups is 1. The Labute approximate surface area is 352 Å². The van der Waals surface area contributed by atoms with Crippen molar-refractivity contribution in [2.45, 2.75) is 264 Å². The predicted molar refractivity (Wildman–Crippen MR) is 238 cm³/mol. The molecule has 1 unspecified atom stereocenters. The molecule has 57 heavy (non-hydrogen) atoms. The van der Waals surface area contributed by atoms with Gasteiger partial charge in [0.15, 0.2) is 6.10 Å². The number of phosphoric acid groups is 1. The highest BCUT2D eigenvalue weighted by Crippen LogP contribution is 2.43. The number of unbranched alkanes of at least 4 members (excludes halogenated alkanes) is 34. The molecule has 0 aliphatic rings. The SMILES string of the molecule is CCCCCCCCCCCCCCCCCCCCCCCCC(=O)OC[C@H](COP(=O)(O)OCCN)OC(=O)CCCCCCCCCCCCCCCC. The summed E-state index contributed by atoms with van der Waals surface area (Å²) in [4.78, 5) is 35.0. The number of esters is 2. The van der Waals surface area contributed by atoms with Crippen LogP contribution in [0.5, 0.6) is 0 Å². The van der Waals surface area contributed by atoms with Gasteiger partial charge in [0.1, 0.15) is 6.61 Å². The van der Waals surface area contributed by atoms with Crippen LogP contribution in [-0.2, 0) is 32.7 Å². The van der Waals surface area contributed by atoms with E-state index in [0.717, 1.165) is 32.1 Å². The molecule has 340 valence electrons. The van der Waals surface area contributed by atoms with Crippen molar-refractivity contribution in [1.29, 1.82) is 0 Å². The average Bonchev–Trinajstić information content (AvgIpc) is 3.20. The molecule has 0 heterocycles. The van der Waals surface area contributed by atoms with Crippen molar-refractivity contribution in [3.05, 3.63) is 0 Å². The van der Waals surface area contributed by atoms with E-state index in [4.69, 9.17) is 24.3 Å². The Balaban J connectivity index is 3.97. The third-order valence-electron chi connectivity index (χ3n) is 11.0. The molecule has 0 rings (SSSR count). The lowest BCUT2D eigenvalue weighted by atomic mass is 10.0. The number of carbonyl (C=O) groups excluding carboxylic acids is 2. The van der Waals surface area contributed by atoms with Gasteiger partial charge < -0.3 is 20.1 Å². The standard InChI is InChI=1S/C47H94NO8P/c1-3-5-7-9-11-13-15-17-19-20-21-22-23-24-25-26-28-29-31-33-35-37-39-46(49)53-43-45(44-55-57(51,52)54-42-41-48)56-47(50)40-38-36-34-32-30-27-18-16-14-12-10-8-6-4-2/h45H,3-44,48H2,1-2H3,(H,51,52)/t45-/m1/s1. The highest BCUT2D eigenvalue weighted by Gasteiger charge is 2.26. The lowest BCUT2D eigenvalue weighted by Crippen LogP contribution is -2.29. The lowest BCUT2D eigenvalue weighted by molar-refractivity contribution is -0.161. The second-order valence-electron chi connectivity index (χ2n) is 16.7. The van der Waals surface area contributed by atoms with Gasteiger partial charge in [-0.15, -0.1) is 0 Å². The number of hydrogen-bond donors (Lipinski definition) is 2. The van der Waals surface area contributed by atoms with E-state index in [1.807, 2.05) is 0 Å². The number of carbonyl (C=O) groups is 2. The van der Waals surface area contributed by atoms with Gasteiger partial charge in [-0.25, -0.2) is 4.57 Å². The minimum absolute atomic E-state index is 0.0582. The van der Waals surface area contributed by atoms with Crippen LogP contribution >= 0.6 is 7.82 Å². The normalized spacial score (nSPS) is 13.1. The molecule has 0 aliphatic carbocycles. The van der Waals surface area contributed by atoms with Crippen LogP contribution in [0.15, 0.2) is 0 Å². The molecule has 0 aromatic heterocycles. The Kier molecular flexibility index (Phi) is 43.8. The van der Waals surface area contributed by atoms with Gasteiger partial charge in [-0.2, -0.15) is 0 Å². The zero-order valence-corrected chi connectivity index (χ0v) is 38.5. The zero-order chi connectivity index (χ0) is 41.8. The topological polar surface area (TPSA) is 134 Å². The van der Waals surface area contributed by atoms with Crippen molar-refractivity contribution in [2.24, 2.45) is 5.73 Å². The molecule has 0 fully saturated rings. The number of ether oxygens (including phenoxy) is 2. The second-order valence-corrected chi connectivity index (χ2v) is 18.2. The molecule has 9 nitrogen and oxygen atoms in total. The minimum atomic E-state index is -4.37. The summed E-state index contributed by atoms with van der Waals surface area (Å²) >= 11 is 0. The van der Waals surface area contributed by atoms with Crippen LogP contribution in [0.4, 0.5) is 0 Å². The van der Waals surface area contributed by atoms with Gasteiger partial charge in [0.2, 0.25) is 0 Å². The van der Waals surface area contributed by atoms with Crippen LogP contribution < -0.4 is 5.73 Å². The predicted octanol–water partition coefficient (Wildman–Crippen LogP) is 14.4.